The Balaban J connectivity index is 2.02. The van der Waals surface area contributed by atoms with Crippen molar-refractivity contribution in [2.75, 3.05) is 10.6 Å². The van der Waals surface area contributed by atoms with Crippen molar-refractivity contribution < 1.29 is 17.6 Å². The number of nitrogens with zero attached hydrogens (tertiary/aromatic N) is 4. The minimum atomic E-state index is -4.57. The number of hydrogen-bond donors (Lipinski definition) is 2. The van der Waals surface area contributed by atoms with E-state index < -0.39 is 18.5 Å². The summed E-state index contributed by atoms with van der Waals surface area (Å²) in [5.41, 5.74) is -0.0282. The summed E-state index contributed by atoms with van der Waals surface area (Å²) in [7, 11) is 0. The first kappa shape index (κ1) is 20.4. The third-order valence-electron chi connectivity index (χ3n) is 3.67. The van der Waals surface area contributed by atoms with Crippen LogP contribution in [-0.4, -0.2) is 26.0 Å². The van der Waals surface area contributed by atoms with Crippen LogP contribution in [0.1, 0.15) is 25.2 Å². The molecule has 0 amide bonds. The van der Waals surface area contributed by atoms with Crippen LogP contribution in [0.25, 0.3) is 11.4 Å². The minimum absolute atomic E-state index is 0.0270. The van der Waals surface area contributed by atoms with Crippen molar-refractivity contribution in [2.45, 2.75) is 32.7 Å². The molecule has 0 unspecified atom stereocenters. The molecule has 0 bridgehead atoms. The lowest BCUT2D eigenvalue weighted by molar-refractivity contribution is -0.141. The van der Waals surface area contributed by atoms with Crippen LogP contribution < -0.4 is 10.6 Å². The van der Waals surface area contributed by atoms with Crippen molar-refractivity contribution >= 4 is 17.5 Å². The van der Waals surface area contributed by atoms with Crippen LogP contribution in [0.4, 0.5) is 35.0 Å². The van der Waals surface area contributed by atoms with Crippen LogP contribution in [0, 0.1) is 0 Å². The molecule has 0 saturated heterocycles. The molecule has 2 N–H and O–H groups in total. The molecule has 0 saturated carbocycles. The topological polar surface area (TPSA) is 75.6 Å². The van der Waals surface area contributed by atoms with Gasteiger partial charge in [0.05, 0.1) is 17.1 Å². The first-order valence-electron chi connectivity index (χ1n) is 8.73. The summed E-state index contributed by atoms with van der Waals surface area (Å²) in [5.74, 6) is 0.535. The third-order valence-corrected chi connectivity index (χ3v) is 3.67. The van der Waals surface area contributed by atoms with Crippen molar-refractivity contribution in [3.8, 4) is 11.4 Å². The second kappa shape index (κ2) is 8.38. The monoisotopic (exact) mass is 406 g/mol. The summed E-state index contributed by atoms with van der Waals surface area (Å²) < 4.78 is 51.9. The number of anilines is 3. The lowest BCUT2D eigenvalue weighted by Gasteiger charge is -2.14. The van der Waals surface area contributed by atoms with E-state index in [1.165, 1.54) is 30.5 Å². The molecule has 3 aromatic heterocycles. The molecule has 6 nitrogen and oxygen atoms in total. The van der Waals surface area contributed by atoms with Crippen LogP contribution in [0.3, 0.4) is 0 Å². The highest BCUT2D eigenvalue weighted by atomic mass is 19.4. The maximum absolute atomic E-state index is 13.0. The molecule has 10 heteroatoms. The quantitative estimate of drug-likeness (QED) is 0.562. The molecule has 0 aliphatic rings. The van der Waals surface area contributed by atoms with Gasteiger partial charge in [0.1, 0.15) is 18.2 Å². The molecule has 0 radical (unpaired) electrons. The van der Waals surface area contributed by atoms with Gasteiger partial charge in [-0.2, -0.15) is 18.2 Å². The van der Waals surface area contributed by atoms with Gasteiger partial charge in [-0.05, 0) is 38.1 Å². The molecule has 3 rings (SSSR count). The fourth-order valence-electron chi connectivity index (χ4n) is 2.50. The molecule has 0 aromatic carbocycles. The highest BCUT2D eigenvalue weighted by molar-refractivity contribution is 5.64. The lowest BCUT2D eigenvalue weighted by atomic mass is 10.2. The number of nitrogens with one attached hydrogen (secondary N) is 2. The zero-order valence-corrected chi connectivity index (χ0v) is 15.6. The van der Waals surface area contributed by atoms with E-state index in [4.69, 9.17) is 0 Å². The summed E-state index contributed by atoms with van der Waals surface area (Å²) in [5, 5.41) is 6.02. The van der Waals surface area contributed by atoms with E-state index in [1.54, 1.807) is 6.07 Å². The Morgan fingerprint density at radius 1 is 1.00 bits per heavy atom. The molecule has 0 fully saturated rings. The molecule has 29 heavy (non-hydrogen) atoms. The summed E-state index contributed by atoms with van der Waals surface area (Å²) in [6.45, 7) is 3.06. The third kappa shape index (κ3) is 5.37. The standard InChI is InChI=1S/C19H18F4N6/c1-11(2)25-17-9-15(14-4-3-5-16(27-14)19(21,22)23)28-18(29-17)26-12-6-7-24-13(8-12)10-20/h3-9,11H,10H2,1-2H3,(H2,24,25,26,28,29). The summed E-state index contributed by atoms with van der Waals surface area (Å²) in [6, 6.07) is 8.25. The Morgan fingerprint density at radius 2 is 1.79 bits per heavy atom. The van der Waals surface area contributed by atoms with Gasteiger partial charge in [0.15, 0.2) is 0 Å². The SMILES string of the molecule is CC(C)Nc1cc(-c2cccc(C(F)(F)F)n2)nc(Nc2ccnc(CF)c2)n1. The normalized spacial score (nSPS) is 11.6. The second-order valence-corrected chi connectivity index (χ2v) is 6.46. The number of rotatable bonds is 6. The van der Waals surface area contributed by atoms with Crippen LogP contribution in [0.2, 0.25) is 0 Å². The lowest BCUT2D eigenvalue weighted by Crippen LogP contribution is -2.13. The van der Waals surface area contributed by atoms with Crippen molar-refractivity contribution in [1.29, 1.82) is 0 Å². The zero-order valence-electron chi connectivity index (χ0n) is 15.6. The van der Waals surface area contributed by atoms with Crippen LogP contribution >= 0.6 is 0 Å². The van der Waals surface area contributed by atoms with E-state index in [9.17, 15) is 17.6 Å². The van der Waals surface area contributed by atoms with E-state index in [0.29, 0.717) is 11.5 Å². The molecule has 3 aromatic rings. The number of hydrogen-bond acceptors (Lipinski definition) is 6. The summed E-state index contributed by atoms with van der Waals surface area (Å²) >= 11 is 0. The van der Waals surface area contributed by atoms with E-state index in [0.717, 1.165) is 6.07 Å². The molecule has 0 spiro atoms. The first-order valence-corrected chi connectivity index (χ1v) is 8.73. The van der Waals surface area contributed by atoms with Gasteiger partial charge in [0, 0.05) is 24.0 Å². The zero-order chi connectivity index (χ0) is 21.0. The number of halogens is 4. The van der Waals surface area contributed by atoms with Crippen molar-refractivity contribution in [2.24, 2.45) is 0 Å². The van der Waals surface area contributed by atoms with E-state index in [2.05, 4.69) is 30.6 Å². The highest BCUT2D eigenvalue weighted by Crippen LogP contribution is 2.30. The largest absolute Gasteiger partial charge is 0.433 e. The fraction of sp³-hybridized carbons (Fsp3) is 0.263. The van der Waals surface area contributed by atoms with Gasteiger partial charge in [-0.15, -0.1) is 0 Å². The number of alkyl halides is 4. The Hall–Kier alpha value is -3.30. The van der Waals surface area contributed by atoms with Gasteiger partial charge in [-0.1, -0.05) is 6.07 Å². The average molecular weight is 406 g/mol. The molecule has 0 aliphatic carbocycles. The average Bonchev–Trinajstić information content (AvgIpc) is 2.67. The van der Waals surface area contributed by atoms with Crippen LogP contribution in [0.15, 0.2) is 42.6 Å². The Bertz CT molecular complexity index is 990. The smallest absolute Gasteiger partial charge is 0.368 e. The summed E-state index contributed by atoms with van der Waals surface area (Å²) in [4.78, 5) is 16.2. The second-order valence-electron chi connectivity index (χ2n) is 6.46. The minimum Gasteiger partial charge on any atom is -0.368 e. The van der Waals surface area contributed by atoms with Gasteiger partial charge >= 0.3 is 6.18 Å². The van der Waals surface area contributed by atoms with Crippen LogP contribution in [-0.2, 0) is 12.9 Å². The molecule has 0 atom stereocenters. The summed E-state index contributed by atoms with van der Waals surface area (Å²) in [6.07, 6.45) is -3.13. The van der Waals surface area contributed by atoms with Crippen molar-refractivity contribution in [3.05, 3.63) is 54.0 Å². The predicted octanol–water partition coefficient (Wildman–Crippen LogP) is 4.99. The first-order chi connectivity index (χ1) is 13.7. The van der Waals surface area contributed by atoms with Crippen molar-refractivity contribution in [3.63, 3.8) is 0 Å². The van der Waals surface area contributed by atoms with E-state index >= 15 is 0 Å². The molecule has 152 valence electrons. The van der Waals surface area contributed by atoms with E-state index in [1.807, 2.05) is 13.8 Å². The maximum Gasteiger partial charge on any atom is 0.433 e. The molecular weight excluding hydrogens is 388 g/mol. The van der Waals surface area contributed by atoms with Crippen LogP contribution in [0.5, 0.6) is 0 Å². The van der Waals surface area contributed by atoms with E-state index in [-0.39, 0.29) is 29.1 Å². The van der Waals surface area contributed by atoms with Crippen molar-refractivity contribution in [1.82, 2.24) is 19.9 Å². The molecular formula is C19H18F4N6. The van der Waals surface area contributed by atoms with Gasteiger partial charge in [0.2, 0.25) is 5.95 Å². The Morgan fingerprint density at radius 3 is 2.48 bits per heavy atom. The van der Waals surface area contributed by atoms with Gasteiger partial charge < -0.3 is 10.6 Å². The fourth-order valence-corrected chi connectivity index (χ4v) is 2.50. The maximum atomic E-state index is 13.0. The highest BCUT2D eigenvalue weighted by Gasteiger charge is 2.32. The Kier molecular flexibility index (Phi) is 5.90. The molecule has 0 aliphatic heterocycles. The Labute approximate surface area is 164 Å². The van der Waals surface area contributed by atoms with Gasteiger partial charge in [-0.3, -0.25) is 4.98 Å². The molecule has 3 heterocycles. The number of pyridine rings is 2. The van der Waals surface area contributed by atoms with Gasteiger partial charge in [-0.25, -0.2) is 14.4 Å². The predicted molar refractivity (Wildman–Crippen MR) is 101 cm³/mol. The van der Waals surface area contributed by atoms with Gasteiger partial charge in [0.25, 0.3) is 0 Å². The number of aromatic nitrogens is 4.